The van der Waals surface area contributed by atoms with Crippen molar-refractivity contribution < 1.29 is 4.74 Å². The Labute approximate surface area is 176 Å². The third-order valence-electron chi connectivity index (χ3n) is 5.61. The molecule has 0 radical (unpaired) electrons. The van der Waals surface area contributed by atoms with Gasteiger partial charge in [0.15, 0.2) is 0 Å². The Balaban J connectivity index is 1.52. The van der Waals surface area contributed by atoms with Gasteiger partial charge in [-0.2, -0.15) is 0 Å². The summed E-state index contributed by atoms with van der Waals surface area (Å²) in [5.74, 6) is 1.92. The molecule has 29 heavy (non-hydrogen) atoms. The molecular weight excluding hydrogens is 356 g/mol. The fourth-order valence-electron chi connectivity index (χ4n) is 3.85. The first-order valence-corrected chi connectivity index (χ1v) is 11.4. The highest BCUT2D eigenvalue weighted by Crippen LogP contribution is 2.20. The van der Waals surface area contributed by atoms with Crippen molar-refractivity contribution in [2.75, 3.05) is 0 Å². The van der Waals surface area contributed by atoms with Gasteiger partial charge < -0.3 is 9.30 Å². The lowest BCUT2D eigenvalue weighted by molar-refractivity contribution is 0.289. The number of imidazole rings is 1. The van der Waals surface area contributed by atoms with Crippen molar-refractivity contribution in [1.82, 2.24) is 9.55 Å². The van der Waals surface area contributed by atoms with E-state index in [1.807, 2.05) is 12.1 Å². The van der Waals surface area contributed by atoms with Gasteiger partial charge >= 0.3 is 0 Å². The third kappa shape index (κ3) is 6.62. The van der Waals surface area contributed by atoms with E-state index in [1.54, 1.807) is 0 Å². The Bertz CT molecular complexity index is 851. The summed E-state index contributed by atoms with van der Waals surface area (Å²) in [7, 11) is 0. The van der Waals surface area contributed by atoms with Crippen LogP contribution < -0.4 is 4.74 Å². The van der Waals surface area contributed by atoms with Crippen LogP contribution in [-0.4, -0.2) is 9.55 Å². The summed E-state index contributed by atoms with van der Waals surface area (Å²) in [6, 6.07) is 16.7. The molecule has 3 heteroatoms. The largest absolute Gasteiger partial charge is 0.486 e. The molecule has 1 aromatic heterocycles. The Morgan fingerprint density at radius 3 is 2.17 bits per heavy atom. The molecule has 0 amide bonds. The number of rotatable bonds is 13. The number of benzene rings is 2. The average molecular weight is 393 g/mol. The summed E-state index contributed by atoms with van der Waals surface area (Å²) in [5.41, 5.74) is 3.52. The van der Waals surface area contributed by atoms with Gasteiger partial charge in [0, 0.05) is 6.54 Å². The van der Waals surface area contributed by atoms with Crippen molar-refractivity contribution in [3.05, 3.63) is 59.9 Å². The van der Waals surface area contributed by atoms with Crippen LogP contribution in [0.15, 0.2) is 48.5 Å². The number of para-hydroxylation sites is 2. The molecule has 0 aliphatic carbocycles. The van der Waals surface area contributed by atoms with Crippen LogP contribution in [0.5, 0.6) is 5.75 Å². The molecule has 0 fully saturated rings. The van der Waals surface area contributed by atoms with E-state index < -0.39 is 0 Å². The van der Waals surface area contributed by atoms with Crippen LogP contribution >= 0.6 is 0 Å². The third-order valence-corrected chi connectivity index (χ3v) is 5.61. The van der Waals surface area contributed by atoms with Crippen molar-refractivity contribution in [2.24, 2.45) is 0 Å². The molecular formula is C26H36N2O. The smallest absolute Gasteiger partial charge is 0.147 e. The molecule has 0 N–H and O–H groups in total. The zero-order valence-electron chi connectivity index (χ0n) is 18.2. The lowest BCUT2D eigenvalue weighted by Crippen LogP contribution is -2.07. The zero-order valence-corrected chi connectivity index (χ0v) is 18.2. The summed E-state index contributed by atoms with van der Waals surface area (Å²) in [6.45, 7) is 5.90. The normalized spacial score (nSPS) is 11.2. The number of aromatic nitrogens is 2. The van der Waals surface area contributed by atoms with Gasteiger partial charge in [-0.3, -0.25) is 0 Å². The standard InChI is InChI=1S/C26H36N2O/c1-3-4-5-6-7-8-9-10-13-20-28-25-15-12-11-14-24(25)27-26(28)21-29-23-18-16-22(2)17-19-23/h11-12,14-19H,3-10,13,20-21H2,1-2H3. The predicted molar refractivity (Wildman–Crippen MR) is 122 cm³/mol. The summed E-state index contributed by atoms with van der Waals surface area (Å²) in [6.07, 6.45) is 12.1. The number of aryl methyl sites for hydroxylation is 2. The summed E-state index contributed by atoms with van der Waals surface area (Å²) in [5, 5.41) is 0. The second-order valence-corrected chi connectivity index (χ2v) is 8.10. The van der Waals surface area contributed by atoms with Crippen LogP contribution in [0.2, 0.25) is 0 Å². The molecule has 156 valence electrons. The minimum absolute atomic E-state index is 0.509. The van der Waals surface area contributed by atoms with Gasteiger partial charge in [0.2, 0.25) is 0 Å². The molecule has 0 spiro atoms. The molecule has 0 aliphatic heterocycles. The second kappa shape index (κ2) is 11.6. The van der Waals surface area contributed by atoms with Gasteiger partial charge in [-0.05, 0) is 37.6 Å². The molecule has 0 unspecified atom stereocenters. The molecule has 3 aromatic rings. The van der Waals surface area contributed by atoms with E-state index in [-0.39, 0.29) is 0 Å². The Kier molecular flexibility index (Phi) is 8.60. The summed E-state index contributed by atoms with van der Waals surface area (Å²) >= 11 is 0. The van der Waals surface area contributed by atoms with Gasteiger partial charge in [-0.25, -0.2) is 4.98 Å². The first-order valence-electron chi connectivity index (χ1n) is 11.4. The predicted octanol–water partition coefficient (Wildman–Crippen LogP) is 7.45. The molecule has 1 heterocycles. The molecule has 0 bridgehead atoms. The summed E-state index contributed by atoms with van der Waals surface area (Å²) < 4.78 is 8.38. The Morgan fingerprint density at radius 1 is 0.793 bits per heavy atom. The topological polar surface area (TPSA) is 27.1 Å². The molecule has 0 saturated carbocycles. The van der Waals surface area contributed by atoms with Crippen molar-refractivity contribution >= 4 is 11.0 Å². The van der Waals surface area contributed by atoms with Crippen LogP contribution in [0.1, 0.15) is 76.1 Å². The SMILES string of the molecule is CCCCCCCCCCCn1c(COc2ccc(C)cc2)nc2ccccc21. The lowest BCUT2D eigenvalue weighted by atomic mass is 10.1. The Morgan fingerprint density at radius 2 is 1.45 bits per heavy atom. The average Bonchev–Trinajstić information content (AvgIpc) is 3.10. The fourth-order valence-corrected chi connectivity index (χ4v) is 3.85. The van der Waals surface area contributed by atoms with Crippen LogP contribution in [-0.2, 0) is 13.2 Å². The van der Waals surface area contributed by atoms with Crippen LogP contribution in [0, 0.1) is 6.92 Å². The highest BCUT2D eigenvalue weighted by molar-refractivity contribution is 5.75. The first-order chi connectivity index (χ1) is 14.3. The molecule has 0 saturated heterocycles. The molecule has 0 atom stereocenters. The van der Waals surface area contributed by atoms with E-state index in [4.69, 9.17) is 9.72 Å². The van der Waals surface area contributed by atoms with Crippen molar-refractivity contribution in [1.29, 1.82) is 0 Å². The minimum atomic E-state index is 0.509. The maximum absolute atomic E-state index is 6.03. The highest BCUT2D eigenvalue weighted by atomic mass is 16.5. The zero-order chi connectivity index (χ0) is 20.3. The number of hydrogen-bond acceptors (Lipinski definition) is 2. The molecule has 3 nitrogen and oxygen atoms in total. The maximum atomic E-state index is 6.03. The number of fused-ring (bicyclic) bond motifs is 1. The highest BCUT2D eigenvalue weighted by Gasteiger charge is 2.11. The number of unbranched alkanes of at least 4 members (excludes halogenated alkanes) is 8. The number of ether oxygens (including phenoxy) is 1. The van der Waals surface area contributed by atoms with Crippen LogP contribution in [0.25, 0.3) is 11.0 Å². The number of nitrogens with zero attached hydrogens (tertiary/aromatic N) is 2. The van der Waals surface area contributed by atoms with Gasteiger partial charge in [0.05, 0.1) is 11.0 Å². The van der Waals surface area contributed by atoms with E-state index in [1.165, 1.54) is 68.9 Å². The Hall–Kier alpha value is -2.29. The van der Waals surface area contributed by atoms with E-state index >= 15 is 0 Å². The maximum Gasteiger partial charge on any atom is 0.147 e. The number of hydrogen-bond donors (Lipinski definition) is 0. The van der Waals surface area contributed by atoms with E-state index in [9.17, 15) is 0 Å². The summed E-state index contributed by atoms with van der Waals surface area (Å²) in [4.78, 5) is 4.84. The van der Waals surface area contributed by atoms with Crippen LogP contribution in [0.3, 0.4) is 0 Å². The molecule has 0 aliphatic rings. The van der Waals surface area contributed by atoms with Crippen LogP contribution in [0.4, 0.5) is 0 Å². The minimum Gasteiger partial charge on any atom is -0.486 e. The van der Waals surface area contributed by atoms with E-state index in [0.717, 1.165) is 23.6 Å². The molecule has 2 aromatic carbocycles. The lowest BCUT2D eigenvalue weighted by Gasteiger charge is -2.11. The van der Waals surface area contributed by atoms with Gasteiger partial charge in [-0.15, -0.1) is 0 Å². The monoisotopic (exact) mass is 392 g/mol. The fraction of sp³-hybridized carbons (Fsp3) is 0.500. The first kappa shape index (κ1) is 21.4. The van der Waals surface area contributed by atoms with Crippen molar-refractivity contribution in [3.63, 3.8) is 0 Å². The van der Waals surface area contributed by atoms with Gasteiger partial charge in [0.1, 0.15) is 18.2 Å². The quantitative estimate of drug-likeness (QED) is 0.282. The van der Waals surface area contributed by atoms with Crippen molar-refractivity contribution in [2.45, 2.75) is 84.8 Å². The second-order valence-electron chi connectivity index (χ2n) is 8.10. The van der Waals surface area contributed by atoms with Gasteiger partial charge in [0.25, 0.3) is 0 Å². The van der Waals surface area contributed by atoms with Gasteiger partial charge in [-0.1, -0.05) is 88.1 Å². The van der Waals surface area contributed by atoms with E-state index in [2.05, 4.69) is 54.8 Å². The molecule has 3 rings (SSSR count). The van der Waals surface area contributed by atoms with E-state index in [0.29, 0.717) is 6.61 Å². The van der Waals surface area contributed by atoms with Crippen molar-refractivity contribution in [3.8, 4) is 5.75 Å².